The molecule has 3 saturated heterocycles. The first-order chi connectivity index (χ1) is 10.3. The summed E-state index contributed by atoms with van der Waals surface area (Å²) in [5.74, 6) is 0.908. The SMILES string of the molecule is C1CC(CN(C2CC2)C2CCOC3(CCOC3)C2)CCN1. The number of hydrogen-bond acceptors (Lipinski definition) is 4. The first-order valence-corrected chi connectivity index (χ1v) is 9.03. The number of nitrogens with zero attached hydrogens (tertiary/aromatic N) is 1. The van der Waals surface area contributed by atoms with Crippen LogP contribution < -0.4 is 5.32 Å². The maximum atomic E-state index is 6.14. The lowest BCUT2D eigenvalue weighted by molar-refractivity contribution is -0.109. The van der Waals surface area contributed by atoms with Gasteiger partial charge < -0.3 is 14.8 Å². The molecule has 0 aromatic heterocycles. The van der Waals surface area contributed by atoms with Gasteiger partial charge in [0.1, 0.15) is 0 Å². The van der Waals surface area contributed by atoms with Crippen molar-refractivity contribution in [3.63, 3.8) is 0 Å². The second-order valence-corrected chi connectivity index (χ2v) is 7.60. The van der Waals surface area contributed by atoms with Crippen molar-refractivity contribution in [2.45, 2.75) is 62.6 Å². The number of hydrogen-bond donors (Lipinski definition) is 1. The van der Waals surface area contributed by atoms with E-state index in [1.165, 1.54) is 58.2 Å². The molecule has 4 aliphatic rings. The smallest absolute Gasteiger partial charge is 0.0951 e. The van der Waals surface area contributed by atoms with Gasteiger partial charge >= 0.3 is 0 Å². The molecule has 0 amide bonds. The Hall–Kier alpha value is -0.160. The van der Waals surface area contributed by atoms with Crippen molar-refractivity contribution in [3.8, 4) is 0 Å². The highest BCUT2D eigenvalue weighted by atomic mass is 16.6. The predicted octanol–water partition coefficient (Wildman–Crippen LogP) is 1.79. The molecule has 4 nitrogen and oxygen atoms in total. The molecule has 21 heavy (non-hydrogen) atoms. The van der Waals surface area contributed by atoms with Gasteiger partial charge in [-0.05, 0) is 57.5 Å². The van der Waals surface area contributed by atoms with Crippen LogP contribution in [0.2, 0.25) is 0 Å². The van der Waals surface area contributed by atoms with Crippen molar-refractivity contribution in [2.24, 2.45) is 5.92 Å². The third kappa shape index (κ3) is 3.29. The van der Waals surface area contributed by atoms with Crippen LogP contribution in [0.4, 0.5) is 0 Å². The normalized spacial score (nSPS) is 38.4. The molecular formula is C17H30N2O2. The molecule has 3 aliphatic heterocycles. The lowest BCUT2D eigenvalue weighted by Crippen LogP contribution is -2.51. The summed E-state index contributed by atoms with van der Waals surface area (Å²) in [7, 11) is 0. The molecule has 0 aromatic rings. The van der Waals surface area contributed by atoms with Gasteiger partial charge in [-0.15, -0.1) is 0 Å². The third-order valence-electron chi connectivity index (χ3n) is 5.95. The van der Waals surface area contributed by atoms with Crippen LogP contribution in [0.15, 0.2) is 0 Å². The molecule has 0 bridgehead atoms. The Morgan fingerprint density at radius 2 is 1.86 bits per heavy atom. The Bertz CT molecular complexity index is 347. The summed E-state index contributed by atoms with van der Waals surface area (Å²) in [6.45, 7) is 6.42. The topological polar surface area (TPSA) is 33.7 Å². The Labute approximate surface area is 128 Å². The molecule has 1 saturated carbocycles. The van der Waals surface area contributed by atoms with Gasteiger partial charge in [0.05, 0.1) is 12.2 Å². The van der Waals surface area contributed by atoms with E-state index in [1.54, 1.807) is 0 Å². The molecule has 2 unspecified atom stereocenters. The zero-order valence-corrected chi connectivity index (χ0v) is 13.2. The van der Waals surface area contributed by atoms with Crippen molar-refractivity contribution in [1.82, 2.24) is 10.2 Å². The average molecular weight is 294 g/mol. The molecule has 1 N–H and O–H groups in total. The number of ether oxygens (including phenoxy) is 2. The van der Waals surface area contributed by atoms with Crippen LogP contribution in [0.5, 0.6) is 0 Å². The molecule has 4 fully saturated rings. The minimum Gasteiger partial charge on any atom is -0.378 e. The van der Waals surface area contributed by atoms with Crippen molar-refractivity contribution in [1.29, 1.82) is 0 Å². The molecule has 1 spiro atoms. The van der Waals surface area contributed by atoms with Crippen LogP contribution in [0.25, 0.3) is 0 Å². The zero-order chi connectivity index (χ0) is 14.1. The molecule has 3 heterocycles. The van der Waals surface area contributed by atoms with Gasteiger partial charge in [-0.3, -0.25) is 4.90 Å². The maximum Gasteiger partial charge on any atom is 0.0951 e. The highest BCUT2D eigenvalue weighted by Crippen LogP contribution is 2.39. The first kappa shape index (κ1) is 14.4. The van der Waals surface area contributed by atoms with E-state index >= 15 is 0 Å². The van der Waals surface area contributed by atoms with E-state index in [-0.39, 0.29) is 5.60 Å². The second-order valence-electron chi connectivity index (χ2n) is 7.60. The van der Waals surface area contributed by atoms with E-state index in [4.69, 9.17) is 9.47 Å². The minimum atomic E-state index is 0.0597. The van der Waals surface area contributed by atoms with Crippen LogP contribution in [-0.4, -0.2) is 62.0 Å². The quantitative estimate of drug-likeness (QED) is 0.857. The van der Waals surface area contributed by atoms with Gasteiger partial charge in [0.25, 0.3) is 0 Å². The van der Waals surface area contributed by atoms with E-state index in [1.807, 2.05) is 0 Å². The summed E-state index contributed by atoms with van der Waals surface area (Å²) >= 11 is 0. The number of nitrogens with one attached hydrogen (secondary N) is 1. The van der Waals surface area contributed by atoms with E-state index in [9.17, 15) is 0 Å². The fourth-order valence-corrected chi connectivity index (χ4v) is 4.51. The second kappa shape index (κ2) is 6.15. The third-order valence-corrected chi connectivity index (χ3v) is 5.95. The van der Waals surface area contributed by atoms with E-state index in [0.717, 1.165) is 44.2 Å². The van der Waals surface area contributed by atoms with Gasteiger partial charge in [-0.25, -0.2) is 0 Å². The van der Waals surface area contributed by atoms with Gasteiger partial charge in [0, 0.05) is 38.3 Å². The van der Waals surface area contributed by atoms with E-state index in [2.05, 4.69) is 10.2 Å². The Balaban J connectivity index is 1.40. The summed E-state index contributed by atoms with van der Waals surface area (Å²) in [6, 6.07) is 1.62. The molecule has 0 radical (unpaired) electrons. The van der Waals surface area contributed by atoms with Crippen molar-refractivity contribution in [3.05, 3.63) is 0 Å². The predicted molar refractivity (Wildman–Crippen MR) is 82.5 cm³/mol. The average Bonchev–Trinajstić information content (AvgIpc) is 3.28. The van der Waals surface area contributed by atoms with Gasteiger partial charge in [-0.2, -0.15) is 0 Å². The monoisotopic (exact) mass is 294 g/mol. The summed E-state index contributed by atoms with van der Waals surface area (Å²) in [6.07, 6.45) is 9.10. The van der Waals surface area contributed by atoms with Gasteiger partial charge in [0.2, 0.25) is 0 Å². The van der Waals surface area contributed by atoms with Crippen LogP contribution >= 0.6 is 0 Å². The number of piperidine rings is 1. The summed E-state index contributed by atoms with van der Waals surface area (Å²) < 4.78 is 11.8. The van der Waals surface area contributed by atoms with Gasteiger partial charge in [0.15, 0.2) is 0 Å². The lowest BCUT2D eigenvalue weighted by atomic mass is 9.87. The summed E-state index contributed by atoms with van der Waals surface area (Å²) in [5.41, 5.74) is 0.0597. The zero-order valence-electron chi connectivity index (χ0n) is 13.2. The Kier molecular flexibility index (Phi) is 4.23. The number of rotatable bonds is 4. The summed E-state index contributed by atoms with van der Waals surface area (Å²) in [4.78, 5) is 2.87. The first-order valence-electron chi connectivity index (χ1n) is 9.03. The van der Waals surface area contributed by atoms with E-state index < -0.39 is 0 Å². The Morgan fingerprint density at radius 3 is 2.57 bits per heavy atom. The highest BCUT2D eigenvalue weighted by molar-refractivity contribution is 4.98. The lowest BCUT2D eigenvalue weighted by Gasteiger charge is -2.44. The van der Waals surface area contributed by atoms with Crippen LogP contribution in [0, 0.1) is 5.92 Å². The minimum absolute atomic E-state index is 0.0597. The van der Waals surface area contributed by atoms with Gasteiger partial charge in [-0.1, -0.05) is 0 Å². The standard InChI is InChI=1S/C17H30N2O2/c1-2-15(1)19(12-14-3-7-18-8-4-14)16-5-9-21-17(11-16)6-10-20-13-17/h14-16,18H,1-13H2. The molecule has 4 rings (SSSR count). The van der Waals surface area contributed by atoms with Crippen molar-refractivity contribution >= 4 is 0 Å². The Morgan fingerprint density at radius 1 is 1.00 bits per heavy atom. The van der Waals surface area contributed by atoms with Crippen molar-refractivity contribution < 1.29 is 9.47 Å². The fourth-order valence-electron chi connectivity index (χ4n) is 4.51. The van der Waals surface area contributed by atoms with Crippen LogP contribution in [-0.2, 0) is 9.47 Å². The molecule has 120 valence electrons. The molecular weight excluding hydrogens is 264 g/mol. The maximum absolute atomic E-state index is 6.14. The molecule has 2 atom stereocenters. The largest absolute Gasteiger partial charge is 0.378 e. The van der Waals surface area contributed by atoms with Crippen molar-refractivity contribution in [2.75, 3.05) is 39.5 Å². The van der Waals surface area contributed by atoms with Crippen LogP contribution in [0.3, 0.4) is 0 Å². The summed E-state index contributed by atoms with van der Waals surface area (Å²) in [5, 5.41) is 3.50. The van der Waals surface area contributed by atoms with E-state index in [0.29, 0.717) is 0 Å². The fraction of sp³-hybridized carbons (Fsp3) is 1.00. The highest BCUT2D eigenvalue weighted by Gasteiger charge is 2.45. The molecule has 1 aliphatic carbocycles. The molecule has 0 aromatic carbocycles. The molecule has 4 heteroatoms. The van der Waals surface area contributed by atoms with Crippen LogP contribution in [0.1, 0.15) is 44.9 Å².